The minimum Gasteiger partial charge on any atom is -0.380 e. The number of para-hydroxylation sites is 1. The Morgan fingerprint density at radius 1 is 1.32 bits per heavy atom. The summed E-state index contributed by atoms with van der Waals surface area (Å²) in [6.07, 6.45) is 0. The van der Waals surface area contributed by atoms with Gasteiger partial charge < -0.3 is 20.5 Å². The van der Waals surface area contributed by atoms with Crippen LogP contribution in [0.25, 0.3) is 0 Å². The van der Waals surface area contributed by atoms with Crippen molar-refractivity contribution in [3.05, 3.63) is 29.8 Å². The fourth-order valence-corrected chi connectivity index (χ4v) is 1.44. The quantitative estimate of drug-likeness (QED) is 0.609. The van der Waals surface area contributed by atoms with Crippen LogP contribution in [0.2, 0.25) is 0 Å². The summed E-state index contributed by atoms with van der Waals surface area (Å²) in [6.45, 7) is 4.94. The molecule has 0 unspecified atom stereocenters. The second kappa shape index (κ2) is 7.11. The van der Waals surface area contributed by atoms with E-state index < -0.39 is 0 Å². The van der Waals surface area contributed by atoms with Crippen molar-refractivity contribution < 1.29 is 9.47 Å². The maximum atomic E-state index is 5.88. The van der Waals surface area contributed by atoms with Crippen LogP contribution < -0.4 is 11.1 Å². The number of rotatable bonds is 6. The Balaban J connectivity index is 2.71. The fourth-order valence-electron chi connectivity index (χ4n) is 1.44. The van der Waals surface area contributed by atoms with Crippen molar-refractivity contribution in [1.82, 2.24) is 0 Å². The lowest BCUT2D eigenvalue weighted by molar-refractivity contribution is 0.0312. The molecule has 0 bridgehead atoms. The van der Waals surface area contributed by atoms with Crippen molar-refractivity contribution in [1.29, 1.82) is 0 Å². The number of hydrogen-bond acceptors (Lipinski definition) is 3. The molecule has 0 aromatic heterocycles. The molecule has 0 spiro atoms. The van der Waals surface area contributed by atoms with Gasteiger partial charge in [-0.3, -0.25) is 4.99 Å². The van der Waals surface area contributed by atoms with Crippen LogP contribution in [0.1, 0.15) is 19.4 Å². The number of benzene rings is 1. The van der Waals surface area contributed by atoms with Crippen LogP contribution in [0.3, 0.4) is 0 Å². The van der Waals surface area contributed by atoms with Crippen molar-refractivity contribution in [2.24, 2.45) is 10.7 Å². The first-order chi connectivity index (χ1) is 8.98. The molecule has 5 heteroatoms. The summed E-state index contributed by atoms with van der Waals surface area (Å²) < 4.78 is 10.4. The molecule has 19 heavy (non-hydrogen) atoms. The zero-order valence-corrected chi connectivity index (χ0v) is 12.1. The highest BCUT2D eigenvalue weighted by Gasteiger charge is 2.15. The monoisotopic (exact) mass is 265 g/mol. The van der Waals surface area contributed by atoms with E-state index in [1.165, 1.54) is 0 Å². The van der Waals surface area contributed by atoms with Gasteiger partial charge in [0.15, 0.2) is 5.96 Å². The molecule has 0 aliphatic rings. The lowest BCUT2D eigenvalue weighted by Crippen LogP contribution is -2.30. The Bertz CT molecular complexity index is 430. The summed E-state index contributed by atoms with van der Waals surface area (Å²) in [5.41, 5.74) is 7.49. The largest absolute Gasteiger partial charge is 0.380 e. The van der Waals surface area contributed by atoms with Gasteiger partial charge in [0.2, 0.25) is 0 Å². The van der Waals surface area contributed by atoms with Crippen molar-refractivity contribution in [2.45, 2.75) is 26.1 Å². The van der Waals surface area contributed by atoms with Gasteiger partial charge in [0.1, 0.15) is 0 Å². The van der Waals surface area contributed by atoms with Crippen molar-refractivity contribution in [2.75, 3.05) is 26.1 Å². The van der Waals surface area contributed by atoms with E-state index in [0.29, 0.717) is 19.1 Å². The molecule has 1 rings (SSSR count). The van der Waals surface area contributed by atoms with Crippen LogP contribution >= 0.6 is 0 Å². The van der Waals surface area contributed by atoms with Crippen molar-refractivity contribution >= 4 is 11.6 Å². The summed E-state index contributed by atoms with van der Waals surface area (Å²) >= 11 is 0. The third-order valence-corrected chi connectivity index (χ3v) is 2.76. The van der Waals surface area contributed by atoms with E-state index in [9.17, 15) is 0 Å². The van der Waals surface area contributed by atoms with E-state index in [0.717, 1.165) is 11.3 Å². The van der Waals surface area contributed by atoms with E-state index in [-0.39, 0.29) is 5.60 Å². The van der Waals surface area contributed by atoms with Crippen LogP contribution in [0.5, 0.6) is 0 Å². The Labute approximate surface area is 114 Å². The minimum absolute atomic E-state index is 0.321. The molecule has 1 aromatic carbocycles. The molecular weight excluding hydrogens is 242 g/mol. The molecule has 0 aliphatic carbocycles. The highest BCUT2D eigenvalue weighted by molar-refractivity contribution is 5.93. The summed E-state index contributed by atoms with van der Waals surface area (Å²) in [6, 6.07) is 7.82. The van der Waals surface area contributed by atoms with Gasteiger partial charge in [0.05, 0.1) is 18.8 Å². The Hall–Kier alpha value is -1.59. The average Bonchev–Trinajstić information content (AvgIpc) is 2.39. The topological polar surface area (TPSA) is 68.9 Å². The molecule has 0 amide bonds. The molecule has 1 aromatic rings. The number of methoxy groups -OCH3 is 2. The Morgan fingerprint density at radius 3 is 2.63 bits per heavy atom. The Kier molecular flexibility index (Phi) is 5.79. The third-order valence-electron chi connectivity index (χ3n) is 2.76. The second-order valence-electron chi connectivity index (χ2n) is 4.88. The smallest absolute Gasteiger partial charge is 0.193 e. The molecule has 0 saturated carbocycles. The highest BCUT2D eigenvalue weighted by Crippen LogP contribution is 2.15. The number of anilines is 1. The fraction of sp³-hybridized carbons (Fsp3) is 0.500. The van der Waals surface area contributed by atoms with Crippen LogP contribution in [0.4, 0.5) is 5.69 Å². The number of nitrogens with two attached hydrogens (primary N) is 1. The number of nitrogens with zero attached hydrogens (tertiary/aromatic N) is 1. The molecule has 106 valence electrons. The van der Waals surface area contributed by atoms with E-state index in [2.05, 4.69) is 10.3 Å². The van der Waals surface area contributed by atoms with E-state index in [1.807, 2.05) is 38.1 Å². The number of ether oxygens (including phenoxy) is 2. The number of guanidine groups is 1. The normalized spacial score (nSPS) is 12.5. The van der Waals surface area contributed by atoms with Gasteiger partial charge in [-0.25, -0.2) is 0 Å². The predicted molar refractivity (Wildman–Crippen MR) is 78.4 cm³/mol. The summed E-state index contributed by atoms with van der Waals surface area (Å²) in [5.74, 6) is 0.369. The molecular formula is C14H23N3O2. The van der Waals surface area contributed by atoms with Crippen molar-refractivity contribution in [3.63, 3.8) is 0 Å². The maximum absolute atomic E-state index is 5.88. The van der Waals surface area contributed by atoms with Gasteiger partial charge in [-0.15, -0.1) is 0 Å². The molecule has 0 atom stereocenters. The summed E-state index contributed by atoms with van der Waals surface area (Å²) in [5, 5.41) is 3.08. The molecule has 0 fully saturated rings. The standard InChI is InChI=1S/C14H23N3O2/c1-14(2,19-4)10-16-13(15)17-12-8-6-5-7-11(12)9-18-3/h5-8H,9-10H2,1-4H3,(H3,15,16,17). The molecule has 0 radical (unpaired) electrons. The first kappa shape index (κ1) is 15.5. The van der Waals surface area contributed by atoms with Crippen LogP contribution in [-0.2, 0) is 16.1 Å². The maximum Gasteiger partial charge on any atom is 0.193 e. The molecule has 3 N–H and O–H groups in total. The third kappa shape index (κ3) is 5.28. The van der Waals surface area contributed by atoms with E-state index >= 15 is 0 Å². The van der Waals surface area contributed by atoms with Crippen molar-refractivity contribution in [3.8, 4) is 0 Å². The van der Waals surface area contributed by atoms with Gasteiger partial charge in [0, 0.05) is 25.5 Å². The molecule has 5 nitrogen and oxygen atoms in total. The number of hydrogen-bond donors (Lipinski definition) is 2. The van der Waals surface area contributed by atoms with Gasteiger partial charge in [-0.05, 0) is 19.9 Å². The van der Waals surface area contributed by atoms with E-state index in [1.54, 1.807) is 14.2 Å². The van der Waals surface area contributed by atoms with Crippen LogP contribution in [0, 0.1) is 0 Å². The predicted octanol–water partition coefficient (Wildman–Crippen LogP) is 1.98. The molecule has 0 heterocycles. The molecule has 0 saturated heterocycles. The highest BCUT2D eigenvalue weighted by atomic mass is 16.5. The van der Waals surface area contributed by atoms with Crippen LogP contribution in [0.15, 0.2) is 29.3 Å². The zero-order valence-electron chi connectivity index (χ0n) is 12.1. The van der Waals surface area contributed by atoms with E-state index in [4.69, 9.17) is 15.2 Å². The number of aliphatic imine (C=N–C) groups is 1. The minimum atomic E-state index is -0.321. The first-order valence-corrected chi connectivity index (χ1v) is 6.17. The Morgan fingerprint density at radius 2 is 2.00 bits per heavy atom. The SMILES string of the molecule is COCc1ccccc1NC(N)=NCC(C)(C)OC. The summed E-state index contributed by atoms with van der Waals surface area (Å²) in [7, 11) is 3.32. The first-order valence-electron chi connectivity index (χ1n) is 6.17. The lowest BCUT2D eigenvalue weighted by atomic mass is 10.1. The van der Waals surface area contributed by atoms with Crippen LogP contribution in [-0.4, -0.2) is 32.3 Å². The van der Waals surface area contributed by atoms with Gasteiger partial charge >= 0.3 is 0 Å². The lowest BCUT2D eigenvalue weighted by Gasteiger charge is -2.20. The summed E-state index contributed by atoms with van der Waals surface area (Å²) in [4.78, 5) is 4.28. The number of nitrogens with one attached hydrogen (secondary N) is 1. The van der Waals surface area contributed by atoms with Gasteiger partial charge in [0.25, 0.3) is 0 Å². The average molecular weight is 265 g/mol. The zero-order chi connectivity index (χ0) is 14.3. The van der Waals surface area contributed by atoms with Gasteiger partial charge in [-0.2, -0.15) is 0 Å². The second-order valence-corrected chi connectivity index (χ2v) is 4.88. The molecule has 0 aliphatic heterocycles. The van der Waals surface area contributed by atoms with Gasteiger partial charge in [-0.1, -0.05) is 18.2 Å².